The van der Waals surface area contributed by atoms with Crippen LogP contribution in [0.15, 0.2) is 41.1 Å². The molecule has 104 valence electrons. The highest BCUT2D eigenvalue weighted by Gasteiger charge is 2.08. The lowest BCUT2D eigenvalue weighted by atomic mass is 10.2. The molecule has 0 fully saturated rings. The van der Waals surface area contributed by atoms with Gasteiger partial charge in [-0.05, 0) is 45.8 Å². The summed E-state index contributed by atoms with van der Waals surface area (Å²) in [6, 6.07) is 6.62. The number of hydrogen-bond acceptors (Lipinski definition) is 4. The van der Waals surface area contributed by atoms with Crippen molar-refractivity contribution in [2.75, 3.05) is 12.4 Å². The van der Waals surface area contributed by atoms with Crippen LogP contribution in [-0.4, -0.2) is 23.2 Å². The maximum Gasteiger partial charge on any atom is 0.335 e. The van der Waals surface area contributed by atoms with Gasteiger partial charge in [-0.2, -0.15) is 0 Å². The summed E-state index contributed by atoms with van der Waals surface area (Å²) in [6.45, 7) is 0.520. The van der Waals surface area contributed by atoms with E-state index >= 15 is 0 Å². The maximum atomic E-state index is 11.0. The highest BCUT2D eigenvalue weighted by Crippen LogP contribution is 2.26. The topological polar surface area (TPSA) is 71.5 Å². The van der Waals surface area contributed by atoms with Crippen molar-refractivity contribution in [2.24, 2.45) is 0 Å². The Labute approximate surface area is 124 Å². The molecule has 1 aromatic heterocycles. The molecule has 1 heterocycles. The Morgan fingerprint density at radius 2 is 2.20 bits per heavy atom. The zero-order chi connectivity index (χ0) is 14.5. The third-order valence-electron chi connectivity index (χ3n) is 2.69. The van der Waals surface area contributed by atoms with Gasteiger partial charge in [-0.25, -0.2) is 4.79 Å². The van der Waals surface area contributed by atoms with Gasteiger partial charge in [-0.3, -0.25) is 4.98 Å². The normalized spacial score (nSPS) is 10.1. The molecule has 2 aromatic rings. The van der Waals surface area contributed by atoms with E-state index in [4.69, 9.17) is 9.84 Å². The number of aromatic nitrogens is 1. The average Bonchev–Trinajstić information content (AvgIpc) is 2.44. The summed E-state index contributed by atoms with van der Waals surface area (Å²) < 4.78 is 6.10. The molecule has 0 atom stereocenters. The van der Waals surface area contributed by atoms with E-state index in [0.717, 1.165) is 10.0 Å². The molecule has 1 aromatic carbocycles. The van der Waals surface area contributed by atoms with E-state index < -0.39 is 5.97 Å². The molecule has 0 aliphatic carbocycles. The molecule has 0 radical (unpaired) electrons. The SMILES string of the molecule is COc1ccc(C(=O)O)cc1NCc1cncc(Br)c1. The molecule has 0 aliphatic heterocycles. The number of carboxylic acid groups (broad SMARTS) is 1. The number of nitrogens with one attached hydrogen (secondary N) is 1. The number of rotatable bonds is 5. The fourth-order valence-corrected chi connectivity index (χ4v) is 2.14. The van der Waals surface area contributed by atoms with Crippen molar-refractivity contribution in [2.45, 2.75) is 6.54 Å². The van der Waals surface area contributed by atoms with E-state index in [2.05, 4.69) is 26.2 Å². The van der Waals surface area contributed by atoms with Gasteiger partial charge in [-0.15, -0.1) is 0 Å². The van der Waals surface area contributed by atoms with Crippen molar-refractivity contribution in [1.82, 2.24) is 4.98 Å². The van der Waals surface area contributed by atoms with Crippen LogP contribution < -0.4 is 10.1 Å². The van der Waals surface area contributed by atoms with Gasteiger partial charge in [0.05, 0.1) is 18.4 Å². The highest BCUT2D eigenvalue weighted by atomic mass is 79.9. The van der Waals surface area contributed by atoms with Gasteiger partial charge < -0.3 is 15.2 Å². The van der Waals surface area contributed by atoms with Crippen molar-refractivity contribution in [3.63, 3.8) is 0 Å². The zero-order valence-electron chi connectivity index (χ0n) is 10.8. The number of pyridine rings is 1. The first-order valence-electron chi connectivity index (χ1n) is 5.85. The third-order valence-corrected chi connectivity index (χ3v) is 3.12. The molecule has 5 nitrogen and oxygen atoms in total. The van der Waals surface area contributed by atoms with Crippen molar-refractivity contribution in [3.05, 3.63) is 52.3 Å². The first-order valence-corrected chi connectivity index (χ1v) is 6.64. The number of carbonyl (C=O) groups is 1. The monoisotopic (exact) mass is 336 g/mol. The van der Waals surface area contributed by atoms with E-state index in [9.17, 15) is 4.79 Å². The average molecular weight is 337 g/mol. The number of hydrogen-bond donors (Lipinski definition) is 2. The molecular formula is C14H13BrN2O3. The minimum atomic E-state index is -0.972. The van der Waals surface area contributed by atoms with Crippen LogP contribution in [0.2, 0.25) is 0 Å². The predicted octanol–water partition coefficient (Wildman–Crippen LogP) is 3.16. The van der Waals surface area contributed by atoms with Crippen LogP contribution in [0.1, 0.15) is 15.9 Å². The molecule has 0 saturated heterocycles. The maximum absolute atomic E-state index is 11.0. The molecule has 0 aliphatic rings. The van der Waals surface area contributed by atoms with E-state index in [1.165, 1.54) is 6.07 Å². The fourth-order valence-electron chi connectivity index (χ4n) is 1.73. The van der Waals surface area contributed by atoms with Gasteiger partial charge in [-0.1, -0.05) is 0 Å². The summed E-state index contributed by atoms with van der Waals surface area (Å²) in [7, 11) is 1.54. The second-order valence-corrected chi connectivity index (χ2v) is 5.00. The first kappa shape index (κ1) is 14.3. The lowest BCUT2D eigenvalue weighted by Gasteiger charge is -2.12. The predicted molar refractivity (Wildman–Crippen MR) is 79.2 cm³/mol. The number of methoxy groups -OCH3 is 1. The van der Waals surface area contributed by atoms with Gasteiger partial charge in [0.2, 0.25) is 0 Å². The van der Waals surface area contributed by atoms with Gasteiger partial charge in [0.15, 0.2) is 0 Å². The Bertz CT molecular complexity index is 632. The van der Waals surface area contributed by atoms with Crippen molar-refractivity contribution in [1.29, 1.82) is 0 Å². The number of aromatic carboxylic acids is 1. The molecule has 2 rings (SSSR count). The number of anilines is 1. The minimum absolute atomic E-state index is 0.209. The number of benzene rings is 1. The summed E-state index contributed by atoms with van der Waals surface area (Å²) >= 11 is 3.35. The first-order chi connectivity index (χ1) is 9.60. The lowest BCUT2D eigenvalue weighted by Crippen LogP contribution is -2.04. The number of halogens is 1. The van der Waals surface area contributed by atoms with E-state index in [0.29, 0.717) is 18.0 Å². The largest absolute Gasteiger partial charge is 0.495 e. The van der Waals surface area contributed by atoms with Crippen molar-refractivity contribution in [3.8, 4) is 5.75 Å². The van der Waals surface area contributed by atoms with E-state index in [-0.39, 0.29) is 5.56 Å². The Kier molecular flexibility index (Phi) is 4.57. The standard InChI is InChI=1S/C14H13BrN2O3/c1-20-13-3-2-10(14(18)19)5-12(13)17-7-9-4-11(15)8-16-6-9/h2-6,8,17H,7H2,1H3,(H,18,19). The Hall–Kier alpha value is -2.08. The zero-order valence-corrected chi connectivity index (χ0v) is 12.3. The van der Waals surface area contributed by atoms with Crippen molar-refractivity contribution < 1.29 is 14.6 Å². The minimum Gasteiger partial charge on any atom is -0.495 e. The summed E-state index contributed by atoms with van der Waals surface area (Å²) in [5.74, 6) is -0.377. The van der Waals surface area contributed by atoms with Crippen LogP contribution >= 0.6 is 15.9 Å². The summed E-state index contributed by atoms with van der Waals surface area (Å²) in [6.07, 6.45) is 3.44. The van der Waals surface area contributed by atoms with Crippen LogP contribution in [0.25, 0.3) is 0 Å². The molecule has 20 heavy (non-hydrogen) atoms. The Morgan fingerprint density at radius 3 is 2.85 bits per heavy atom. The smallest absolute Gasteiger partial charge is 0.335 e. The van der Waals surface area contributed by atoms with Crippen LogP contribution in [0.4, 0.5) is 5.69 Å². The summed E-state index contributed by atoms with van der Waals surface area (Å²) in [4.78, 5) is 15.1. The molecular weight excluding hydrogens is 324 g/mol. The number of nitrogens with zero attached hydrogens (tertiary/aromatic N) is 1. The molecule has 0 saturated carbocycles. The Morgan fingerprint density at radius 1 is 1.40 bits per heavy atom. The van der Waals surface area contributed by atoms with E-state index in [1.807, 2.05) is 6.07 Å². The van der Waals surface area contributed by atoms with Crippen LogP contribution in [-0.2, 0) is 6.54 Å². The molecule has 0 amide bonds. The van der Waals surface area contributed by atoms with Crippen LogP contribution in [0.3, 0.4) is 0 Å². The van der Waals surface area contributed by atoms with Crippen LogP contribution in [0.5, 0.6) is 5.75 Å². The van der Waals surface area contributed by atoms with Gasteiger partial charge >= 0.3 is 5.97 Å². The van der Waals surface area contributed by atoms with Crippen molar-refractivity contribution >= 4 is 27.6 Å². The quantitative estimate of drug-likeness (QED) is 0.877. The molecule has 6 heteroatoms. The summed E-state index contributed by atoms with van der Waals surface area (Å²) in [5, 5.41) is 12.2. The van der Waals surface area contributed by atoms with Gasteiger partial charge in [0.1, 0.15) is 5.75 Å². The second kappa shape index (κ2) is 6.38. The molecule has 0 unspecified atom stereocenters. The second-order valence-electron chi connectivity index (χ2n) is 4.09. The lowest BCUT2D eigenvalue weighted by molar-refractivity contribution is 0.0697. The molecule has 0 spiro atoms. The van der Waals surface area contributed by atoms with Gasteiger partial charge in [0, 0.05) is 23.4 Å². The van der Waals surface area contributed by atoms with Gasteiger partial charge in [0.25, 0.3) is 0 Å². The molecule has 2 N–H and O–H groups in total. The summed E-state index contributed by atoms with van der Waals surface area (Å²) in [5.41, 5.74) is 1.81. The molecule has 0 bridgehead atoms. The van der Waals surface area contributed by atoms with E-state index in [1.54, 1.807) is 31.6 Å². The fraction of sp³-hybridized carbons (Fsp3) is 0.143. The third kappa shape index (κ3) is 3.48. The highest BCUT2D eigenvalue weighted by molar-refractivity contribution is 9.10. The number of carboxylic acids is 1. The van der Waals surface area contributed by atoms with Crippen LogP contribution in [0, 0.1) is 0 Å². The Balaban J connectivity index is 2.19. The number of ether oxygens (including phenoxy) is 1.